The molecule has 0 saturated carbocycles. The highest BCUT2D eigenvalue weighted by molar-refractivity contribution is 5.76. The van der Waals surface area contributed by atoms with E-state index in [2.05, 4.69) is 12.2 Å². The van der Waals surface area contributed by atoms with E-state index in [4.69, 9.17) is 0 Å². The van der Waals surface area contributed by atoms with Crippen molar-refractivity contribution in [1.29, 1.82) is 0 Å². The van der Waals surface area contributed by atoms with E-state index >= 15 is 0 Å². The van der Waals surface area contributed by atoms with Crippen molar-refractivity contribution in [2.24, 2.45) is 0 Å². The van der Waals surface area contributed by atoms with E-state index in [1.54, 1.807) is 0 Å². The number of carbonyl (C=O) groups excluding carboxylic acids is 1. The van der Waals surface area contributed by atoms with Gasteiger partial charge in [-0.3, -0.25) is 4.79 Å². The number of hydrogen-bond acceptors (Lipinski definition) is 2. The Morgan fingerprint density at radius 3 is 2.71 bits per heavy atom. The molecule has 21 heavy (non-hydrogen) atoms. The smallest absolute Gasteiger partial charge is 0.220 e. The van der Waals surface area contributed by atoms with Gasteiger partial charge in [-0.15, -0.1) is 0 Å². The highest BCUT2D eigenvalue weighted by Gasteiger charge is 2.31. The van der Waals surface area contributed by atoms with Crippen LogP contribution in [0.25, 0.3) is 0 Å². The number of fused-ring (bicyclic) bond motifs is 1. The number of rotatable bonds is 8. The third kappa shape index (κ3) is 4.57. The minimum atomic E-state index is -0.490. The molecule has 0 unspecified atom stereocenters. The van der Waals surface area contributed by atoms with Crippen molar-refractivity contribution in [1.82, 2.24) is 5.32 Å². The second-order valence-electron chi connectivity index (χ2n) is 6.03. The fourth-order valence-electron chi connectivity index (χ4n) is 3.06. The zero-order valence-electron chi connectivity index (χ0n) is 13.0. The molecule has 2 atom stereocenters. The number of carbonyl (C=O) groups is 1. The Morgan fingerprint density at radius 1 is 1.19 bits per heavy atom. The van der Waals surface area contributed by atoms with Crippen LogP contribution in [0.4, 0.5) is 0 Å². The summed E-state index contributed by atoms with van der Waals surface area (Å²) < 4.78 is 0. The van der Waals surface area contributed by atoms with Gasteiger partial charge in [-0.25, -0.2) is 0 Å². The molecule has 0 radical (unpaired) electrons. The van der Waals surface area contributed by atoms with E-state index in [0.29, 0.717) is 12.8 Å². The van der Waals surface area contributed by atoms with E-state index in [9.17, 15) is 9.90 Å². The maximum Gasteiger partial charge on any atom is 0.220 e. The number of aliphatic hydroxyl groups is 1. The van der Waals surface area contributed by atoms with Crippen molar-refractivity contribution in [2.75, 3.05) is 0 Å². The van der Waals surface area contributed by atoms with Gasteiger partial charge in [-0.2, -0.15) is 0 Å². The van der Waals surface area contributed by atoms with Crippen molar-refractivity contribution in [3.05, 3.63) is 35.4 Å². The van der Waals surface area contributed by atoms with Crippen LogP contribution >= 0.6 is 0 Å². The van der Waals surface area contributed by atoms with E-state index < -0.39 is 6.10 Å². The summed E-state index contributed by atoms with van der Waals surface area (Å²) in [6.07, 6.45) is 7.81. The molecule has 0 aromatic heterocycles. The van der Waals surface area contributed by atoms with Crippen LogP contribution in [0.3, 0.4) is 0 Å². The molecule has 116 valence electrons. The Labute approximate surface area is 127 Å². The first-order valence-electron chi connectivity index (χ1n) is 8.27. The van der Waals surface area contributed by atoms with Crippen LogP contribution < -0.4 is 5.32 Å². The highest BCUT2D eigenvalue weighted by atomic mass is 16.3. The molecule has 0 bridgehead atoms. The Morgan fingerprint density at radius 2 is 1.90 bits per heavy atom. The SMILES string of the molecule is CCCCCCCCC(=O)N[C@H]1c2ccccc2C[C@H]1O. The van der Waals surface area contributed by atoms with Crippen molar-refractivity contribution in [3.63, 3.8) is 0 Å². The summed E-state index contributed by atoms with van der Waals surface area (Å²) in [4.78, 5) is 12.0. The molecule has 0 aliphatic heterocycles. The van der Waals surface area contributed by atoms with Crippen molar-refractivity contribution < 1.29 is 9.90 Å². The fourth-order valence-corrected chi connectivity index (χ4v) is 3.06. The lowest BCUT2D eigenvalue weighted by molar-refractivity contribution is -0.122. The normalized spacial score (nSPS) is 20.3. The topological polar surface area (TPSA) is 49.3 Å². The zero-order chi connectivity index (χ0) is 15.1. The van der Waals surface area contributed by atoms with Gasteiger partial charge in [0.15, 0.2) is 0 Å². The zero-order valence-corrected chi connectivity index (χ0v) is 13.0. The van der Waals surface area contributed by atoms with Gasteiger partial charge in [0.1, 0.15) is 0 Å². The monoisotopic (exact) mass is 289 g/mol. The van der Waals surface area contributed by atoms with Crippen LogP contribution in [0, 0.1) is 0 Å². The number of hydrogen-bond donors (Lipinski definition) is 2. The van der Waals surface area contributed by atoms with Gasteiger partial charge in [0.25, 0.3) is 0 Å². The molecular formula is C18H27NO2. The summed E-state index contributed by atoms with van der Waals surface area (Å²) in [5, 5.41) is 13.1. The van der Waals surface area contributed by atoms with Crippen molar-refractivity contribution in [3.8, 4) is 0 Å². The molecule has 0 spiro atoms. The van der Waals surface area contributed by atoms with E-state index in [1.807, 2.05) is 24.3 Å². The molecule has 2 rings (SSSR count). The maximum atomic E-state index is 12.0. The minimum absolute atomic E-state index is 0.0613. The second-order valence-corrected chi connectivity index (χ2v) is 6.03. The predicted octanol–water partition coefficient (Wildman–Crippen LogP) is 3.51. The van der Waals surface area contributed by atoms with Gasteiger partial charge >= 0.3 is 0 Å². The Hall–Kier alpha value is -1.35. The van der Waals surface area contributed by atoms with Gasteiger partial charge in [-0.05, 0) is 17.5 Å². The summed E-state index contributed by atoms with van der Waals surface area (Å²) in [5.41, 5.74) is 2.22. The first-order chi connectivity index (χ1) is 10.2. The molecule has 1 aliphatic rings. The summed E-state index contributed by atoms with van der Waals surface area (Å²) in [7, 11) is 0. The van der Waals surface area contributed by atoms with Gasteiger partial charge in [0.05, 0.1) is 12.1 Å². The van der Waals surface area contributed by atoms with E-state index in [1.165, 1.54) is 25.7 Å². The summed E-state index contributed by atoms with van der Waals surface area (Å²) in [6, 6.07) is 7.74. The van der Waals surface area contributed by atoms with Crippen LogP contribution in [-0.4, -0.2) is 17.1 Å². The summed E-state index contributed by atoms with van der Waals surface area (Å²) in [6.45, 7) is 2.21. The molecule has 1 aliphatic carbocycles. The van der Waals surface area contributed by atoms with Crippen LogP contribution in [0.2, 0.25) is 0 Å². The first kappa shape index (κ1) is 16.0. The minimum Gasteiger partial charge on any atom is -0.390 e. The van der Waals surface area contributed by atoms with Gasteiger partial charge in [-0.1, -0.05) is 63.3 Å². The van der Waals surface area contributed by atoms with Crippen LogP contribution in [-0.2, 0) is 11.2 Å². The third-order valence-electron chi connectivity index (χ3n) is 4.28. The van der Waals surface area contributed by atoms with Gasteiger partial charge < -0.3 is 10.4 Å². The standard InChI is InChI=1S/C18H27NO2/c1-2-3-4-5-6-7-12-17(21)19-18-15-11-9-8-10-14(15)13-16(18)20/h8-11,16,18,20H,2-7,12-13H2,1H3,(H,19,21)/t16-,18+/m1/s1. The van der Waals surface area contributed by atoms with Crippen molar-refractivity contribution in [2.45, 2.75) is 70.4 Å². The van der Waals surface area contributed by atoms with Crippen LogP contribution in [0.15, 0.2) is 24.3 Å². The quantitative estimate of drug-likeness (QED) is 0.719. The molecular weight excluding hydrogens is 262 g/mol. The van der Waals surface area contributed by atoms with Gasteiger partial charge in [0.2, 0.25) is 5.91 Å². The lowest BCUT2D eigenvalue weighted by atomic mass is 10.1. The number of benzene rings is 1. The summed E-state index contributed by atoms with van der Waals surface area (Å²) >= 11 is 0. The average Bonchev–Trinajstić information content (AvgIpc) is 2.79. The van der Waals surface area contributed by atoms with Crippen LogP contribution in [0.5, 0.6) is 0 Å². The summed E-state index contributed by atoms with van der Waals surface area (Å²) in [5.74, 6) is 0.0613. The second kappa shape index (κ2) is 8.18. The van der Waals surface area contributed by atoms with Crippen LogP contribution in [0.1, 0.15) is 69.0 Å². The molecule has 2 N–H and O–H groups in total. The van der Waals surface area contributed by atoms with Crippen molar-refractivity contribution >= 4 is 5.91 Å². The predicted molar refractivity (Wildman–Crippen MR) is 85.0 cm³/mol. The number of unbranched alkanes of at least 4 members (excludes halogenated alkanes) is 5. The van der Waals surface area contributed by atoms with E-state index in [-0.39, 0.29) is 11.9 Å². The molecule has 0 fully saturated rings. The number of amides is 1. The molecule has 1 aromatic carbocycles. The lowest BCUT2D eigenvalue weighted by Gasteiger charge is -2.18. The Balaban J connectivity index is 1.73. The Bertz CT molecular complexity index is 458. The van der Waals surface area contributed by atoms with E-state index in [0.717, 1.165) is 24.0 Å². The lowest BCUT2D eigenvalue weighted by Crippen LogP contribution is -2.33. The number of aliphatic hydroxyl groups excluding tert-OH is 1. The molecule has 1 aromatic rings. The van der Waals surface area contributed by atoms with Gasteiger partial charge in [0, 0.05) is 12.8 Å². The Kier molecular flexibility index (Phi) is 6.24. The first-order valence-corrected chi connectivity index (χ1v) is 8.27. The maximum absolute atomic E-state index is 12.0. The molecule has 0 saturated heterocycles. The largest absolute Gasteiger partial charge is 0.390 e. The fraction of sp³-hybridized carbons (Fsp3) is 0.611. The molecule has 3 nitrogen and oxygen atoms in total. The third-order valence-corrected chi connectivity index (χ3v) is 4.28. The molecule has 1 amide bonds. The number of nitrogens with one attached hydrogen (secondary N) is 1. The molecule has 0 heterocycles. The average molecular weight is 289 g/mol. The molecule has 3 heteroatoms. The highest BCUT2D eigenvalue weighted by Crippen LogP contribution is 2.31.